The van der Waals surface area contributed by atoms with Crippen LogP contribution in [0.25, 0.3) is 17.1 Å². The zero-order valence-electron chi connectivity index (χ0n) is 18.6. The van der Waals surface area contributed by atoms with Gasteiger partial charge >= 0.3 is 0 Å². The van der Waals surface area contributed by atoms with E-state index in [-0.39, 0.29) is 11.7 Å². The van der Waals surface area contributed by atoms with Crippen LogP contribution in [0, 0.1) is 6.92 Å². The number of rotatable bonds is 9. The highest BCUT2D eigenvalue weighted by Crippen LogP contribution is 2.29. The van der Waals surface area contributed by atoms with E-state index in [2.05, 4.69) is 20.7 Å². The lowest BCUT2D eigenvalue weighted by Gasteiger charge is -2.11. The molecule has 0 spiro atoms. The Bertz CT molecular complexity index is 1280. The summed E-state index contributed by atoms with van der Waals surface area (Å²) in [7, 11) is 0. The molecule has 0 unspecified atom stereocenters. The molecule has 1 N–H and O–H groups in total. The SMILES string of the molecule is CCOc1ccc(-n2c(SCC(=O)N/N=C\c3ccc(C)s3)nnc2-c2ccc(Cl)cc2)cc1. The molecule has 0 aliphatic heterocycles. The first-order valence-electron chi connectivity index (χ1n) is 10.5. The van der Waals surface area contributed by atoms with Crippen LogP contribution in [0.2, 0.25) is 5.02 Å². The summed E-state index contributed by atoms with van der Waals surface area (Å²) in [6.07, 6.45) is 1.64. The smallest absolute Gasteiger partial charge is 0.250 e. The van der Waals surface area contributed by atoms with Crippen molar-refractivity contribution in [2.24, 2.45) is 5.10 Å². The van der Waals surface area contributed by atoms with Crippen molar-refractivity contribution in [1.82, 2.24) is 20.2 Å². The number of hydrogen-bond donors (Lipinski definition) is 1. The number of amides is 1. The van der Waals surface area contributed by atoms with Gasteiger partial charge in [-0.05, 0) is 74.5 Å². The Morgan fingerprint density at radius 2 is 1.91 bits per heavy atom. The summed E-state index contributed by atoms with van der Waals surface area (Å²) in [6.45, 7) is 4.56. The van der Waals surface area contributed by atoms with Gasteiger partial charge in [0.15, 0.2) is 11.0 Å². The summed E-state index contributed by atoms with van der Waals surface area (Å²) >= 11 is 8.95. The Morgan fingerprint density at radius 3 is 2.59 bits per heavy atom. The molecule has 7 nitrogen and oxygen atoms in total. The number of aromatic nitrogens is 3. The number of thiophene rings is 1. The van der Waals surface area contributed by atoms with Gasteiger partial charge in [0, 0.05) is 26.0 Å². The third kappa shape index (κ3) is 6.05. The topological polar surface area (TPSA) is 81.4 Å². The predicted molar refractivity (Wildman–Crippen MR) is 138 cm³/mol. The van der Waals surface area contributed by atoms with Gasteiger partial charge in [0.1, 0.15) is 5.75 Å². The van der Waals surface area contributed by atoms with Crippen LogP contribution in [0.5, 0.6) is 5.75 Å². The van der Waals surface area contributed by atoms with Crippen molar-refractivity contribution >= 4 is 46.8 Å². The molecule has 2 aromatic carbocycles. The maximum atomic E-state index is 12.4. The van der Waals surface area contributed by atoms with Crippen molar-refractivity contribution in [2.45, 2.75) is 19.0 Å². The molecule has 34 heavy (non-hydrogen) atoms. The number of hydrogen-bond acceptors (Lipinski definition) is 7. The van der Waals surface area contributed by atoms with E-state index in [1.165, 1.54) is 16.6 Å². The molecule has 0 radical (unpaired) electrons. The lowest BCUT2D eigenvalue weighted by molar-refractivity contribution is -0.118. The van der Waals surface area contributed by atoms with E-state index in [0.29, 0.717) is 22.6 Å². The van der Waals surface area contributed by atoms with Gasteiger partial charge in [-0.15, -0.1) is 21.5 Å². The molecule has 0 saturated carbocycles. The minimum absolute atomic E-state index is 0.136. The van der Waals surface area contributed by atoms with Gasteiger partial charge in [-0.2, -0.15) is 5.10 Å². The highest BCUT2D eigenvalue weighted by molar-refractivity contribution is 7.99. The van der Waals surface area contributed by atoms with Crippen LogP contribution < -0.4 is 10.2 Å². The lowest BCUT2D eigenvalue weighted by atomic mass is 10.2. The minimum Gasteiger partial charge on any atom is -0.494 e. The summed E-state index contributed by atoms with van der Waals surface area (Å²) in [5.41, 5.74) is 4.28. The van der Waals surface area contributed by atoms with E-state index in [0.717, 1.165) is 21.9 Å². The van der Waals surface area contributed by atoms with Crippen LogP contribution in [0.15, 0.2) is 70.9 Å². The molecule has 0 atom stereocenters. The number of nitrogens with zero attached hydrogens (tertiary/aromatic N) is 4. The number of hydrazone groups is 1. The van der Waals surface area contributed by atoms with Crippen LogP contribution in [-0.2, 0) is 4.79 Å². The van der Waals surface area contributed by atoms with Gasteiger partial charge in [0.2, 0.25) is 0 Å². The van der Waals surface area contributed by atoms with Gasteiger partial charge < -0.3 is 4.74 Å². The standard InChI is InChI=1S/C24H22ClN5O2S2/c1-3-32-20-11-9-19(10-12-20)30-23(17-5-7-18(25)8-6-17)28-29-24(30)33-15-22(31)27-26-14-21-13-4-16(2)34-21/h4-14H,3,15H2,1-2H3,(H,27,31)/b26-14-. The molecule has 10 heteroatoms. The van der Waals surface area contributed by atoms with Crippen LogP contribution >= 0.6 is 34.7 Å². The van der Waals surface area contributed by atoms with Crippen molar-refractivity contribution in [3.05, 3.63) is 75.4 Å². The Hall–Kier alpha value is -3.14. The van der Waals surface area contributed by atoms with Gasteiger partial charge in [-0.1, -0.05) is 23.4 Å². The van der Waals surface area contributed by atoms with Crippen LogP contribution in [0.4, 0.5) is 0 Å². The molecular weight excluding hydrogens is 490 g/mol. The van der Waals surface area contributed by atoms with E-state index >= 15 is 0 Å². The minimum atomic E-state index is -0.233. The maximum absolute atomic E-state index is 12.4. The Kier molecular flexibility index (Phi) is 7.99. The monoisotopic (exact) mass is 511 g/mol. The molecule has 2 aromatic heterocycles. The van der Waals surface area contributed by atoms with Crippen molar-refractivity contribution < 1.29 is 9.53 Å². The number of halogens is 1. The first-order valence-corrected chi connectivity index (χ1v) is 12.7. The zero-order valence-corrected chi connectivity index (χ0v) is 21.0. The number of thioether (sulfide) groups is 1. The average Bonchev–Trinajstić information content (AvgIpc) is 3.45. The number of benzene rings is 2. The number of ether oxygens (including phenoxy) is 1. The first-order chi connectivity index (χ1) is 16.5. The van der Waals surface area contributed by atoms with Gasteiger partial charge in [0.05, 0.1) is 18.6 Å². The van der Waals surface area contributed by atoms with Crippen LogP contribution in [0.3, 0.4) is 0 Å². The molecule has 0 saturated heterocycles. The Morgan fingerprint density at radius 1 is 1.15 bits per heavy atom. The average molecular weight is 512 g/mol. The van der Waals surface area contributed by atoms with E-state index in [1.807, 2.05) is 66.9 Å². The van der Waals surface area contributed by atoms with Crippen molar-refractivity contribution in [2.75, 3.05) is 12.4 Å². The second-order valence-electron chi connectivity index (χ2n) is 7.11. The fourth-order valence-electron chi connectivity index (χ4n) is 3.09. The fraction of sp³-hybridized carbons (Fsp3) is 0.167. The zero-order chi connectivity index (χ0) is 23.9. The van der Waals surface area contributed by atoms with Crippen molar-refractivity contribution in [3.8, 4) is 22.8 Å². The molecule has 1 amide bonds. The van der Waals surface area contributed by atoms with Gasteiger partial charge in [-0.3, -0.25) is 9.36 Å². The fourth-order valence-corrected chi connectivity index (χ4v) is 4.71. The van der Waals surface area contributed by atoms with E-state index < -0.39 is 0 Å². The normalized spacial score (nSPS) is 11.1. The number of nitrogens with one attached hydrogen (secondary N) is 1. The molecular formula is C24H22ClN5O2S2. The molecule has 4 rings (SSSR count). The second kappa shape index (κ2) is 11.3. The lowest BCUT2D eigenvalue weighted by Crippen LogP contribution is -2.19. The molecule has 0 bridgehead atoms. The Balaban J connectivity index is 1.53. The van der Waals surface area contributed by atoms with Crippen LogP contribution in [0.1, 0.15) is 16.7 Å². The number of carbonyl (C=O) groups excluding carboxylic acids is 1. The van der Waals surface area contributed by atoms with Gasteiger partial charge in [0.25, 0.3) is 5.91 Å². The highest BCUT2D eigenvalue weighted by atomic mass is 35.5. The van der Waals surface area contributed by atoms with Crippen LogP contribution in [-0.4, -0.2) is 39.2 Å². The molecule has 0 aliphatic rings. The third-order valence-corrected chi connectivity index (χ3v) is 6.73. The largest absolute Gasteiger partial charge is 0.494 e. The third-order valence-electron chi connectivity index (χ3n) is 4.62. The summed E-state index contributed by atoms with van der Waals surface area (Å²) in [6, 6.07) is 19.0. The first kappa shape index (κ1) is 24.0. The molecule has 0 fully saturated rings. The Labute approximate surface area is 210 Å². The molecule has 2 heterocycles. The van der Waals surface area contributed by atoms with Crippen molar-refractivity contribution in [1.29, 1.82) is 0 Å². The molecule has 174 valence electrons. The second-order valence-corrected chi connectivity index (χ2v) is 9.80. The van der Waals surface area contributed by atoms with Gasteiger partial charge in [-0.25, -0.2) is 5.43 Å². The van der Waals surface area contributed by atoms with E-state index in [9.17, 15) is 4.79 Å². The molecule has 0 aliphatic carbocycles. The highest BCUT2D eigenvalue weighted by Gasteiger charge is 2.17. The quantitative estimate of drug-likeness (QED) is 0.180. The summed E-state index contributed by atoms with van der Waals surface area (Å²) in [4.78, 5) is 14.5. The predicted octanol–water partition coefficient (Wildman–Crippen LogP) is 5.60. The summed E-state index contributed by atoms with van der Waals surface area (Å²) < 4.78 is 7.47. The van der Waals surface area contributed by atoms with Crippen molar-refractivity contribution in [3.63, 3.8) is 0 Å². The number of aryl methyl sites for hydroxylation is 1. The summed E-state index contributed by atoms with van der Waals surface area (Å²) in [5.74, 6) is 1.33. The molecule has 4 aromatic rings. The van der Waals surface area contributed by atoms with E-state index in [1.54, 1.807) is 29.7 Å². The summed E-state index contributed by atoms with van der Waals surface area (Å²) in [5, 5.41) is 14.0. The maximum Gasteiger partial charge on any atom is 0.250 e. The van der Waals surface area contributed by atoms with E-state index in [4.69, 9.17) is 16.3 Å². The number of carbonyl (C=O) groups is 1.